The zero-order valence-electron chi connectivity index (χ0n) is 33.8. The lowest BCUT2D eigenvalue weighted by molar-refractivity contribution is -0.909. The summed E-state index contributed by atoms with van der Waals surface area (Å²) in [5, 5.41) is 45.8. The molecule has 15 aromatic carbocycles. The van der Waals surface area contributed by atoms with Gasteiger partial charge in [-0.2, -0.15) is 0 Å². The Morgan fingerprint density at radius 2 is 0.617 bits per heavy atom. The highest BCUT2D eigenvalue weighted by molar-refractivity contribution is 14.3. The number of hydrogen-bond donors (Lipinski definition) is 0. The van der Waals surface area contributed by atoms with Crippen molar-refractivity contribution in [1.82, 2.24) is 0 Å². The van der Waals surface area contributed by atoms with Gasteiger partial charge in [0.05, 0.1) is 55.4 Å². The molecule has 0 aromatic heterocycles. The summed E-state index contributed by atoms with van der Waals surface area (Å²) in [4.78, 5) is 0. The smallest absolute Gasteiger partial charge is 0.114 e. The second-order valence-electron chi connectivity index (χ2n) is 22.3. The topological polar surface area (TPSA) is 0 Å². The number of quaternary nitrogens is 3. The van der Waals surface area contributed by atoms with Crippen LogP contribution in [-0.4, -0.2) is 68.8 Å². The average Bonchev–Trinajstić information content (AvgIpc) is 4.01. The number of halogens is 3. The number of rotatable bonds is 0. The molecular weight excluding hydrogens is 1070 g/mol. The van der Waals surface area contributed by atoms with Gasteiger partial charge >= 0.3 is 0 Å². The first-order valence-corrected chi connectivity index (χ1v) is 25.4. The van der Waals surface area contributed by atoms with Gasteiger partial charge in [0.25, 0.3) is 0 Å². The third-order valence-electron chi connectivity index (χ3n) is 18.0. The maximum absolute atomic E-state index is 2.65. The predicted octanol–water partition coefficient (Wildman–Crippen LogP) is 14.7. The third-order valence-corrected chi connectivity index (χ3v) is 18.0. The van der Waals surface area contributed by atoms with Crippen molar-refractivity contribution in [3.63, 3.8) is 0 Å². The van der Waals surface area contributed by atoms with Gasteiger partial charge < -0.3 is 13.4 Å². The van der Waals surface area contributed by atoms with Crippen LogP contribution in [0.2, 0.25) is 0 Å². The molecule has 1 aliphatic carbocycles. The molecule has 3 aliphatic heterocycles. The Labute approximate surface area is 386 Å². The molecule has 6 heteroatoms. The van der Waals surface area contributed by atoms with Crippen molar-refractivity contribution in [2.45, 2.75) is 45.4 Å². The highest BCUT2D eigenvalue weighted by Crippen LogP contribution is 2.72. The van der Waals surface area contributed by atoms with E-state index in [0.29, 0.717) is 11.8 Å². The monoisotopic (exact) mass is 1110 g/mol. The van der Waals surface area contributed by atoms with Crippen LogP contribution in [0, 0.1) is 0 Å². The fourth-order valence-corrected chi connectivity index (χ4v) is 17.0. The van der Waals surface area contributed by atoms with Crippen LogP contribution < -0.4 is 0 Å². The molecule has 60 heavy (non-hydrogen) atoms. The Morgan fingerprint density at radius 3 is 1.05 bits per heavy atom. The van der Waals surface area contributed by atoms with Gasteiger partial charge in [-0.25, -0.2) is 0 Å². The van der Waals surface area contributed by atoms with Crippen LogP contribution >= 0.6 is 67.8 Å². The van der Waals surface area contributed by atoms with Crippen molar-refractivity contribution >= 4 is 219 Å². The fourth-order valence-electron chi connectivity index (χ4n) is 17.0. The lowest BCUT2D eigenvalue weighted by Gasteiger charge is -2.24. The van der Waals surface area contributed by atoms with Gasteiger partial charge in [-0.15, -0.1) is 0 Å². The molecule has 3 heterocycles. The molecule has 290 valence electrons. The van der Waals surface area contributed by atoms with E-state index in [2.05, 4.69) is 134 Å². The number of nitrogens with zero attached hydrogens (tertiary/aromatic N) is 3. The minimum atomic E-state index is 0. The van der Waals surface area contributed by atoms with Gasteiger partial charge in [-0.3, -0.25) is 0 Å². The van der Waals surface area contributed by atoms with E-state index in [1.807, 2.05) is 0 Å². The van der Waals surface area contributed by atoms with E-state index < -0.39 is 0 Å². The van der Waals surface area contributed by atoms with Crippen molar-refractivity contribution in [2.24, 2.45) is 0 Å². The average molecular weight is 1110 g/mol. The molecule has 0 bridgehead atoms. The molecule has 0 N–H and O–H groups in total. The first kappa shape index (κ1) is 33.7. The van der Waals surface area contributed by atoms with E-state index in [1.54, 1.807) is 184 Å². The van der Waals surface area contributed by atoms with Gasteiger partial charge in [-0.05, 0) is 146 Å². The summed E-state index contributed by atoms with van der Waals surface area (Å²) in [5.74, 6) is 1.12. The SMILES string of the molecule is C.C[N+]1(C)Cc2c(c3c4ccc5c6c7c(c8c9ccc%10c%11c%12c%13c(c2c2c3c3c4c5c4c6c8c5c9c%10c%12c6c(c%132)c3c4c56)C2C[N+](C)(C)CC%112)C[N+](C)(C)C7)C1.IC(I)I. The lowest BCUT2D eigenvalue weighted by Crippen LogP contribution is -2.36. The Morgan fingerprint density at radius 1 is 0.350 bits per heavy atom. The van der Waals surface area contributed by atoms with E-state index in [1.165, 1.54) is 13.1 Å². The summed E-state index contributed by atoms with van der Waals surface area (Å²) in [5.41, 5.74) is 10.2. The second kappa shape index (κ2) is 9.21. The van der Waals surface area contributed by atoms with Crippen LogP contribution in [0.15, 0.2) is 24.3 Å². The van der Waals surface area contributed by atoms with Crippen LogP contribution in [0.1, 0.15) is 52.6 Å². The molecule has 2 unspecified atom stereocenters. The van der Waals surface area contributed by atoms with Crippen LogP contribution in [0.3, 0.4) is 0 Å². The number of benzene rings is 9. The van der Waals surface area contributed by atoms with Gasteiger partial charge in [0, 0.05) is 50.2 Å². The highest BCUT2D eigenvalue weighted by Gasteiger charge is 2.52. The van der Waals surface area contributed by atoms with Crippen LogP contribution in [0.5, 0.6) is 0 Å². The fraction of sp³-hybridized carbons (Fsp3) is 0.296. The normalized spacial score (nSPS) is 22.4. The van der Waals surface area contributed by atoms with Crippen molar-refractivity contribution < 1.29 is 13.4 Å². The van der Waals surface area contributed by atoms with E-state index >= 15 is 0 Å². The molecule has 0 saturated carbocycles. The summed E-state index contributed by atoms with van der Waals surface area (Å²) in [6, 6.07) is 10.5. The Hall–Kier alpha value is -2.87. The molecule has 0 radical (unpaired) electrons. The lowest BCUT2D eigenvalue weighted by atomic mass is 9.76. The maximum atomic E-state index is 2.65. The van der Waals surface area contributed by atoms with Gasteiger partial charge in [-0.1, -0.05) is 99.5 Å². The van der Waals surface area contributed by atoms with E-state index in [0.717, 1.165) is 39.6 Å². The summed E-state index contributed by atoms with van der Waals surface area (Å²) >= 11 is 6.95. The third kappa shape index (κ3) is 2.97. The molecule has 1 fully saturated rings. The Balaban J connectivity index is 0.000000619. The summed E-state index contributed by atoms with van der Waals surface area (Å²) in [6.45, 7) is 6.98. The minimum absolute atomic E-state index is 0. The summed E-state index contributed by atoms with van der Waals surface area (Å²) in [7, 11) is 15.0. The molecule has 2 atom stereocenters. The van der Waals surface area contributed by atoms with E-state index in [-0.39, 0.29) is 7.43 Å². The van der Waals surface area contributed by atoms with Crippen molar-refractivity contribution in [3.05, 3.63) is 57.6 Å². The molecule has 4 aliphatic rings. The largest absolute Gasteiger partial charge is 0.327 e. The highest BCUT2D eigenvalue weighted by atomic mass is 127. The van der Waals surface area contributed by atoms with Crippen LogP contribution in [-0.2, 0) is 26.2 Å². The van der Waals surface area contributed by atoms with Crippen LogP contribution in [0.25, 0.3) is 151 Å². The number of hydrogen-bond acceptors (Lipinski definition) is 0. The van der Waals surface area contributed by atoms with Crippen molar-refractivity contribution in [1.29, 1.82) is 0 Å². The second-order valence-corrected chi connectivity index (χ2v) is 33.2. The molecule has 1 saturated heterocycles. The first-order chi connectivity index (χ1) is 28.3. The van der Waals surface area contributed by atoms with E-state index in [9.17, 15) is 0 Å². The van der Waals surface area contributed by atoms with Crippen molar-refractivity contribution in [2.75, 3.05) is 55.4 Å². The minimum Gasteiger partial charge on any atom is -0.327 e. The molecule has 3 nitrogen and oxygen atoms in total. The maximum Gasteiger partial charge on any atom is 0.114 e. The van der Waals surface area contributed by atoms with Crippen LogP contribution in [0.4, 0.5) is 0 Å². The Bertz CT molecular complexity index is 4380. The Kier molecular flexibility index (Phi) is 5.16. The number of fused-ring (bicyclic) bond motifs is 14. The number of alkyl halides is 3. The quantitative estimate of drug-likeness (QED) is 0.0614. The zero-order chi connectivity index (χ0) is 38.9. The molecule has 0 amide bonds. The molecular formula is C54H41I3N3+3. The van der Waals surface area contributed by atoms with E-state index in [4.69, 9.17) is 0 Å². The summed E-state index contributed by atoms with van der Waals surface area (Å²) < 4.78 is 3.95. The predicted molar refractivity (Wildman–Crippen MR) is 285 cm³/mol. The molecule has 15 aromatic rings. The van der Waals surface area contributed by atoms with Gasteiger partial charge in [0.15, 0.2) is 0 Å². The van der Waals surface area contributed by atoms with Gasteiger partial charge in [0.2, 0.25) is 0 Å². The van der Waals surface area contributed by atoms with Gasteiger partial charge in [0.1, 0.15) is 26.1 Å². The van der Waals surface area contributed by atoms with Crippen molar-refractivity contribution in [3.8, 4) is 0 Å². The first-order valence-electron chi connectivity index (χ1n) is 21.7. The zero-order valence-corrected chi connectivity index (χ0v) is 40.2. The summed E-state index contributed by atoms with van der Waals surface area (Å²) in [6.07, 6.45) is 0. The number of likely N-dealkylation sites (N-methyl/N-ethyl adjacent to an activating group) is 1. The molecule has 0 spiro atoms. The standard InChI is InChI=1S/C52H36N3.CHI3.CH4/c1-53(2)11-21-22(12-53)28-18-8-10-20-30-24-14-55(5,6)16-26(24)36-35-25-15-54(3,4)13-23(25)29-19-9-7-17-27(21)37-38(28)42-32(18)34(20)44-40(30)46(36)47-45(35)39(29)43-33(19)31(17)41(37)48-49(42)51(44)52(47)50(43)48;2-1(3)4;/h7-10,23,25H,11-16H2,1-6H3;1H;1H4/q+3;;. The molecule has 19 rings (SSSR count). The number of likely N-dealkylation sites (tertiary alicyclic amines) is 1.